The van der Waals surface area contributed by atoms with E-state index in [4.69, 9.17) is 9.47 Å². The summed E-state index contributed by atoms with van der Waals surface area (Å²) in [6.07, 6.45) is 3.30. The van der Waals surface area contributed by atoms with Crippen LogP contribution in [-0.4, -0.2) is 34.0 Å². The minimum atomic E-state index is -0.561. The number of aryl methyl sites for hydroxylation is 1. The van der Waals surface area contributed by atoms with Gasteiger partial charge in [-0.2, -0.15) is 9.78 Å². The van der Waals surface area contributed by atoms with Gasteiger partial charge in [0.15, 0.2) is 0 Å². The van der Waals surface area contributed by atoms with Gasteiger partial charge < -0.3 is 14.0 Å². The molecule has 2 aliphatic rings. The van der Waals surface area contributed by atoms with Crippen molar-refractivity contribution in [2.24, 2.45) is 0 Å². The summed E-state index contributed by atoms with van der Waals surface area (Å²) in [4.78, 5) is 25.6. The van der Waals surface area contributed by atoms with Gasteiger partial charge in [-0.15, -0.1) is 0 Å². The molecule has 2 aromatic rings. The Hall–Kier alpha value is -3.87. The van der Waals surface area contributed by atoms with E-state index in [1.165, 1.54) is 11.8 Å². The fourth-order valence-electron chi connectivity index (χ4n) is 3.33. The Bertz CT molecular complexity index is 1240. The van der Waals surface area contributed by atoms with Crippen LogP contribution in [0.1, 0.15) is 22.8 Å². The van der Waals surface area contributed by atoms with Crippen LogP contribution in [0.3, 0.4) is 0 Å². The number of benzene rings is 2. The zero-order valence-corrected chi connectivity index (χ0v) is 17.0. The summed E-state index contributed by atoms with van der Waals surface area (Å²) in [6.45, 7) is 4.43. The fourth-order valence-corrected chi connectivity index (χ4v) is 3.33. The highest BCUT2D eigenvalue weighted by molar-refractivity contribution is 5.96. The molecular formula is C23H21N3O4. The second kappa shape index (κ2) is 7.87. The van der Waals surface area contributed by atoms with Crippen molar-refractivity contribution in [2.45, 2.75) is 13.8 Å². The van der Waals surface area contributed by atoms with Crippen molar-refractivity contribution < 1.29 is 14.3 Å². The van der Waals surface area contributed by atoms with E-state index >= 15 is 0 Å². The number of carbonyl (C=O) groups is 1. The lowest BCUT2D eigenvalue weighted by atomic mass is 10.1. The number of esters is 1. The number of rotatable bonds is 5. The number of carbonyl (C=O) groups excluding carboxylic acids is 1. The minimum absolute atomic E-state index is 0.215. The molecule has 0 atom stereocenters. The maximum atomic E-state index is 13.1. The summed E-state index contributed by atoms with van der Waals surface area (Å²) in [6, 6.07) is 14.9. The number of aromatic nitrogens is 3. The molecule has 0 fully saturated rings. The summed E-state index contributed by atoms with van der Waals surface area (Å²) in [5, 5.41) is 4.44. The third-order valence-corrected chi connectivity index (χ3v) is 4.77. The highest BCUT2D eigenvalue weighted by Crippen LogP contribution is 2.25. The highest BCUT2D eigenvalue weighted by Gasteiger charge is 2.25. The predicted molar refractivity (Wildman–Crippen MR) is 113 cm³/mol. The normalized spacial score (nSPS) is 10.9. The van der Waals surface area contributed by atoms with Crippen molar-refractivity contribution in [1.82, 2.24) is 14.3 Å². The average molecular weight is 403 g/mol. The van der Waals surface area contributed by atoms with E-state index in [2.05, 4.69) is 5.10 Å². The van der Waals surface area contributed by atoms with Crippen molar-refractivity contribution in [3.05, 3.63) is 82.4 Å². The maximum absolute atomic E-state index is 13.1. The Morgan fingerprint density at radius 3 is 2.50 bits per heavy atom. The molecule has 0 saturated carbocycles. The molecule has 2 heterocycles. The molecule has 0 amide bonds. The second-order valence-electron chi connectivity index (χ2n) is 6.82. The van der Waals surface area contributed by atoms with Crippen LogP contribution in [0.15, 0.2) is 65.7 Å². The predicted octanol–water partition coefficient (Wildman–Crippen LogP) is 3.62. The van der Waals surface area contributed by atoms with Crippen molar-refractivity contribution in [1.29, 1.82) is 0 Å². The SMILES string of the molecule is CCOc1ccc(-n2cc(C(=O)OC)c3nn(-c4cccc(C)c4)c(=O)c-3c2)cc1. The lowest BCUT2D eigenvalue weighted by Crippen LogP contribution is -2.15. The molecule has 7 nitrogen and oxygen atoms in total. The molecule has 0 saturated heterocycles. The van der Waals surface area contributed by atoms with Gasteiger partial charge in [0, 0.05) is 18.1 Å². The first-order valence-corrected chi connectivity index (χ1v) is 9.55. The molecule has 0 N–H and O–H groups in total. The zero-order valence-electron chi connectivity index (χ0n) is 17.0. The van der Waals surface area contributed by atoms with Gasteiger partial charge in [-0.1, -0.05) is 12.1 Å². The molecule has 152 valence electrons. The molecule has 0 unspecified atom stereocenters. The summed E-state index contributed by atoms with van der Waals surface area (Å²) in [7, 11) is 1.30. The van der Waals surface area contributed by atoms with Crippen LogP contribution in [0.4, 0.5) is 0 Å². The molecule has 2 aromatic carbocycles. The first-order chi connectivity index (χ1) is 14.5. The number of ether oxygens (including phenoxy) is 2. The quantitative estimate of drug-likeness (QED) is 0.476. The Labute approximate surface area is 173 Å². The molecule has 30 heavy (non-hydrogen) atoms. The molecule has 4 rings (SSSR count). The van der Waals surface area contributed by atoms with E-state index < -0.39 is 5.97 Å². The molecular weight excluding hydrogens is 382 g/mol. The number of methoxy groups -OCH3 is 1. The molecule has 2 aliphatic heterocycles. The summed E-state index contributed by atoms with van der Waals surface area (Å²) >= 11 is 0. The van der Waals surface area contributed by atoms with Crippen LogP contribution in [0.25, 0.3) is 22.6 Å². The minimum Gasteiger partial charge on any atom is -0.494 e. The van der Waals surface area contributed by atoms with Crippen LogP contribution in [0, 0.1) is 6.92 Å². The van der Waals surface area contributed by atoms with Crippen LogP contribution in [0.2, 0.25) is 0 Å². The van der Waals surface area contributed by atoms with Gasteiger partial charge in [-0.25, -0.2) is 4.79 Å². The van der Waals surface area contributed by atoms with E-state index in [-0.39, 0.29) is 11.1 Å². The Kier molecular flexibility index (Phi) is 5.10. The first kappa shape index (κ1) is 19.4. The van der Waals surface area contributed by atoms with Gasteiger partial charge >= 0.3 is 5.97 Å². The maximum Gasteiger partial charge on any atom is 0.341 e. The second-order valence-corrected chi connectivity index (χ2v) is 6.82. The third kappa shape index (κ3) is 3.45. The Balaban J connectivity index is 1.91. The van der Waals surface area contributed by atoms with E-state index in [1.807, 2.05) is 56.3 Å². The summed E-state index contributed by atoms with van der Waals surface area (Å²) in [5.74, 6) is 0.182. The van der Waals surface area contributed by atoms with Crippen molar-refractivity contribution in [3.63, 3.8) is 0 Å². The Morgan fingerprint density at radius 1 is 1.07 bits per heavy atom. The van der Waals surface area contributed by atoms with Crippen LogP contribution in [0.5, 0.6) is 5.75 Å². The Morgan fingerprint density at radius 2 is 1.83 bits per heavy atom. The number of fused-ring (bicyclic) bond motifs is 1. The van der Waals surface area contributed by atoms with E-state index in [0.717, 1.165) is 17.0 Å². The van der Waals surface area contributed by atoms with Gasteiger partial charge in [-0.3, -0.25) is 4.79 Å². The monoisotopic (exact) mass is 403 g/mol. The molecule has 0 spiro atoms. The standard InChI is InChI=1S/C23H21N3O4/c1-4-30-18-10-8-16(9-11-18)25-13-19-21(20(14-25)23(28)29-3)24-26(22(19)27)17-7-5-6-15(2)12-17/h5-14H,4H2,1-3H3. The lowest BCUT2D eigenvalue weighted by molar-refractivity contribution is 0.0600. The van der Waals surface area contributed by atoms with Gasteiger partial charge in [0.05, 0.1) is 25.0 Å². The van der Waals surface area contributed by atoms with E-state index in [0.29, 0.717) is 23.6 Å². The van der Waals surface area contributed by atoms with Crippen molar-refractivity contribution in [2.75, 3.05) is 13.7 Å². The third-order valence-electron chi connectivity index (χ3n) is 4.77. The van der Waals surface area contributed by atoms with Crippen LogP contribution < -0.4 is 10.3 Å². The number of hydrogen-bond donors (Lipinski definition) is 0. The lowest BCUT2D eigenvalue weighted by Gasteiger charge is -2.12. The van der Waals surface area contributed by atoms with Gasteiger partial charge in [0.25, 0.3) is 5.56 Å². The fraction of sp³-hybridized carbons (Fsp3) is 0.174. The summed E-state index contributed by atoms with van der Waals surface area (Å²) < 4.78 is 13.4. The largest absolute Gasteiger partial charge is 0.494 e. The average Bonchev–Trinajstić information content (AvgIpc) is 3.10. The topological polar surface area (TPSA) is 75.3 Å². The molecule has 0 aliphatic carbocycles. The smallest absolute Gasteiger partial charge is 0.341 e. The van der Waals surface area contributed by atoms with Crippen molar-refractivity contribution >= 4 is 5.97 Å². The highest BCUT2D eigenvalue weighted by atomic mass is 16.5. The van der Waals surface area contributed by atoms with Gasteiger partial charge in [0.1, 0.15) is 17.0 Å². The number of hydrogen-bond acceptors (Lipinski definition) is 5. The van der Waals surface area contributed by atoms with Crippen molar-refractivity contribution in [3.8, 4) is 28.4 Å². The van der Waals surface area contributed by atoms with E-state index in [9.17, 15) is 9.59 Å². The number of nitrogens with zero attached hydrogens (tertiary/aromatic N) is 3. The van der Waals surface area contributed by atoms with Gasteiger partial charge in [-0.05, 0) is 55.8 Å². The molecule has 7 heteroatoms. The number of pyridine rings is 1. The van der Waals surface area contributed by atoms with Crippen LogP contribution in [-0.2, 0) is 4.74 Å². The van der Waals surface area contributed by atoms with Crippen LogP contribution >= 0.6 is 0 Å². The molecule has 0 radical (unpaired) electrons. The van der Waals surface area contributed by atoms with Gasteiger partial charge in [0.2, 0.25) is 0 Å². The van der Waals surface area contributed by atoms with E-state index in [1.54, 1.807) is 23.0 Å². The first-order valence-electron chi connectivity index (χ1n) is 9.55. The summed E-state index contributed by atoms with van der Waals surface area (Å²) in [5.41, 5.74) is 2.95. The zero-order chi connectivity index (χ0) is 21.3. The molecule has 0 bridgehead atoms. The molecule has 0 aromatic heterocycles.